The van der Waals surface area contributed by atoms with Crippen molar-refractivity contribution in [2.75, 3.05) is 59.5 Å². The summed E-state index contributed by atoms with van der Waals surface area (Å²) in [6, 6.07) is 3.04. The summed E-state index contributed by atoms with van der Waals surface area (Å²) >= 11 is 0. The molecule has 0 bridgehead atoms. The van der Waals surface area contributed by atoms with Crippen LogP contribution in [0.25, 0.3) is 0 Å². The van der Waals surface area contributed by atoms with Crippen molar-refractivity contribution in [1.29, 1.82) is 0 Å². The predicted molar refractivity (Wildman–Crippen MR) is 309 cm³/mol. The summed E-state index contributed by atoms with van der Waals surface area (Å²) < 4.78 is 55.0. The number of unbranched alkanes of at least 4 members (excludes halogenated alkanes) is 6. The maximum atomic E-state index is 8.96. The number of aliphatic hydroxyl groups is 6. The van der Waals surface area contributed by atoms with E-state index in [1.807, 2.05) is 0 Å². The molecule has 0 unspecified atom stereocenters. The molecular weight excluding hydrogens is 1030 g/mol. The average molecular weight is 1150 g/mol. The summed E-state index contributed by atoms with van der Waals surface area (Å²) in [5.41, 5.74) is 0. The number of ether oxygens (including phenoxy) is 3. The van der Waals surface area contributed by atoms with Crippen molar-refractivity contribution >= 4 is 75.6 Å². The molecule has 0 heterocycles. The van der Waals surface area contributed by atoms with Gasteiger partial charge in [0.2, 0.25) is 0 Å². The lowest BCUT2D eigenvalue weighted by Gasteiger charge is -2.38. The van der Waals surface area contributed by atoms with E-state index in [2.05, 4.69) is 137 Å². The zero-order valence-corrected chi connectivity index (χ0v) is 57.4. The second-order valence-electron chi connectivity index (χ2n) is 24.7. The largest absolute Gasteiger partial charge is 0.437 e. The Balaban J connectivity index is -0.000000948. The molecule has 0 aromatic rings. The molecule has 0 aromatic heterocycles. The van der Waals surface area contributed by atoms with Crippen LogP contribution in [0.15, 0.2) is 0 Å². The molecule has 69 heavy (non-hydrogen) atoms. The van der Waals surface area contributed by atoms with E-state index in [0.29, 0.717) is 19.8 Å². The Morgan fingerprint density at radius 2 is 0.406 bits per heavy atom. The van der Waals surface area contributed by atoms with Gasteiger partial charge in [-0.3, -0.25) is 0 Å². The van der Waals surface area contributed by atoms with Crippen LogP contribution in [0.4, 0.5) is 0 Å². The Labute approximate surface area is 434 Å². The van der Waals surface area contributed by atoms with E-state index in [4.69, 9.17) is 69.5 Å². The van der Waals surface area contributed by atoms with Crippen molar-refractivity contribution in [3.8, 4) is 0 Å². The summed E-state index contributed by atoms with van der Waals surface area (Å²) in [7, 11) is -16.0. The van der Waals surface area contributed by atoms with Crippen molar-refractivity contribution in [3.63, 3.8) is 0 Å². The lowest BCUT2D eigenvalue weighted by Crippen LogP contribution is -2.52. The van der Waals surface area contributed by atoms with Crippen molar-refractivity contribution < 1.29 is 69.5 Å². The van der Waals surface area contributed by atoms with Crippen LogP contribution in [0.2, 0.25) is 156 Å². The quantitative estimate of drug-likeness (QED) is 0.0250. The van der Waals surface area contributed by atoms with Crippen LogP contribution in [0.1, 0.15) is 57.8 Å². The van der Waals surface area contributed by atoms with E-state index in [-0.39, 0.29) is 39.6 Å². The average Bonchev–Trinajstić information content (AvgIpc) is 3.13. The van der Waals surface area contributed by atoms with Crippen molar-refractivity contribution in [2.24, 2.45) is 0 Å². The fraction of sp³-hybridized carbons (Fsp3) is 1.00. The van der Waals surface area contributed by atoms with Crippen LogP contribution >= 0.6 is 0 Å². The van der Waals surface area contributed by atoms with E-state index in [1.54, 1.807) is 0 Å². The monoisotopic (exact) mass is 1150 g/mol. The Bertz CT molecular complexity index is 1180. The molecule has 15 nitrogen and oxygen atoms in total. The van der Waals surface area contributed by atoms with Crippen LogP contribution in [0, 0.1) is 0 Å². The lowest BCUT2D eigenvalue weighted by molar-refractivity contribution is -0.0208. The number of aliphatic hydroxyl groups excluding tert-OH is 6. The van der Waals surface area contributed by atoms with Gasteiger partial charge in [0.25, 0.3) is 0 Å². The fourth-order valence-corrected chi connectivity index (χ4v) is 45.5. The van der Waals surface area contributed by atoms with Gasteiger partial charge in [-0.25, -0.2) is 0 Å². The summed E-state index contributed by atoms with van der Waals surface area (Å²) in [6.07, 6.45) is 7.91. The van der Waals surface area contributed by atoms with Crippen molar-refractivity contribution in [1.82, 2.24) is 0 Å². The zero-order chi connectivity index (χ0) is 54.4. The van der Waals surface area contributed by atoms with Crippen LogP contribution in [-0.4, -0.2) is 184 Å². The molecule has 0 aromatic carbocycles. The molecule has 0 amide bonds. The van der Waals surface area contributed by atoms with Crippen molar-refractivity contribution in [3.05, 3.63) is 0 Å². The van der Waals surface area contributed by atoms with Gasteiger partial charge >= 0.3 is 25.7 Å². The second-order valence-corrected chi connectivity index (χ2v) is 63.2. The Morgan fingerprint density at radius 1 is 0.246 bits per heavy atom. The first-order valence-corrected chi connectivity index (χ1v) is 54.0. The third kappa shape index (κ3) is 50.0. The van der Waals surface area contributed by atoms with Gasteiger partial charge in [0.05, 0.1) is 39.6 Å². The molecule has 0 aliphatic heterocycles. The predicted octanol–water partition coefficient (Wildman–Crippen LogP) is 9.90. The molecule has 0 rings (SSSR count). The van der Waals surface area contributed by atoms with Gasteiger partial charge in [0.15, 0.2) is 49.9 Å². The SMILES string of the molecule is C[Si](C)(C)O[Si](C)(CCCCCCOC(CO)CO)O[Si](C)(C)C.C[Si](C)(C)O[Si](C)(CCCCCOC(CO)CO)O[Si](C)(C)C.C[Si](C)(C)O[Si](C)(CCCCOC(CO)CO)O[Si](C)(C)C. The van der Waals surface area contributed by atoms with E-state index in [0.717, 1.165) is 75.9 Å². The molecule has 0 atom stereocenters. The third-order valence-electron chi connectivity index (χ3n) is 9.24. The van der Waals surface area contributed by atoms with Gasteiger partial charge in [0, 0.05) is 19.8 Å². The first-order chi connectivity index (χ1) is 31.2. The number of hydrogen-bond donors (Lipinski definition) is 6. The normalized spacial score (nSPS) is 13.8. The van der Waals surface area contributed by atoms with Crippen LogP contribution in [0.5, 0.6) is 0 Å². The van der Waals surface area contributed by atoms with Gasteiger partial charge < -0.3 is 69.5 Å². The van der Waals surface area contributed by atoms with Gasteiger partial charge in [-0.05, 0) is 181 Å². The molecule has 0 saturated carbocycles. The summed E-state index contributed by atoms with van der Waals surface area (Å²) in [6.45, 7) is 47.6. The van der Waals surface area contributed by atoms with Gasteiger partial charge in [-0.15, -0.1) is 0 Å². The molecular formula is C45H114O15Si9. The molecule has 0 aliphatic rings. The third-order valence-corrected chi connectivity index (χ3v) is 38.1. The molecule has 24 heteroatoms. The maximum Gasteiger partial charge on any atom is 0.314 e. The number of rotatable bonds is 39. The van der Waals surface area contributed by atoms with Gasteiger partial charge in [-0.2, -0.15) is 0 Å². The second kappa shape index (κ2) is 36.4. The Hall–Kier alpha value is 1.35. The van der Waals surface area contributed by atoms with Crippen LogP contribution < -0.4 is 0 Å². The molecule has 0 saturated heterocycles. The highest BCUT2D eigenvalue weighted by Gasteiger charge is 2.42. The molecule has 0 spiro atoms. The minimum atomic E-state index is -2.14. The highest BCUT2D eigenvalue weighted by Crippen LogP contribution is 2.29. The Kier molecular flexibility index (Phi) is 39.3. The molecule has 0 aliphatic carbocycles. The minimum Gasteiger partial charge on any atom is -0.437 e. The zero-order valence-electron chi connectivity index (χ0n) is 48.4. The molecule has 6 N–H and O–H groups in total. The highest BCUT2D eigenvalue weighted by molar-refractivity contribution is 6.89. The molecule has 0 fully saturated rings. The molecule has 0 radical (unpaired) electrons. The van der Waals surface area contributed by atoms with E-state index < -0.39 is 93.9 Å². The summed E-state index contributed by atoms with van der Waals surface area (Å²) in [5, 5.41) is 53.7. The highest BCUT2D eigenvalue weighted by atomic mass is 28.5. The van der Waals surface area contributed by atoms with E-state index >= 15 is 0 Å². The first kappa shape index (κ1) is 74.6. The van der Waals surface area contributed by atoms with Crippen LogP contribution in [0.3, 0.4) is 0 Å². The lowest BCUT2D eigenvalue weighted by atomic mass is 10.2. The minimum absolute atomic E-state index is 0.123. The van der Waals surface area contributed by atoms with Gasteiger partial charge in [-0.1, -0.05) is 32.1 Å². The standard InChI is InChI=1S/C16H40O5Si3.C15H38O5Si3.C14H36O5Si3/c1-22(2,3)20-24(7,21-23(4,5)6)13-11-9-8-10-12-19-16(14-17)15-18;1-21(2,3)19-23(7,20-22(4,5)6)12-10-8-9-11-18-15(13-16)14-17;1-20(2,3)18-22(7,19-21(4,5)6)11-9-8-10-17-14(12-15)13-16/h16-18H,8-15H2,1-7H3;15-17H,8-14H2,1-7H3;14-16H,8-13H2,1-7H3. The first-order valence-electron chi connectivity index (χ1n) is 25.9. The molecule has 420 valence electrons. The fourth-order valence-electron chi connectivity index (χ4n) is 7.67. The summed E-state index contributed by atoms with van der Waals surface area (Å²) in [4.78, 5) is 0. The van der Waals surface area contributed by atoms with E-state index in [1.165, 1.54) is 0 Å². The topological polar surface area (TPSA) is 204 Å². The number of hydrogen-bond acceptors (Lipinski definition) is 15. The van der Waals surface area contributed by atoms with Crippen molar-refractivity contribution in [2.45, 2.75) is 232 Å². The smallest absolute Gasteiger partial charge is 0.314 e. The van der Waals surface area contributed by atoms with Crippen LogP contribution in [-0.2, 0) is 38.9 Å². The maximum absolute atomic E-state index is 8.96. The van der Waals surface area contributed by atoms with Gasteiger partial charge in [0.1, 0.15) is 18.3 Å². The Morgan fingerprint density at radius 3 is 0.594 bits per heavy atom. The summed E-state index contributed by atoms with van der Waals surface area (Å²) in [5.74, 6) is 0. The van der Waals surface area contributed by atoms with E-state index in [9.17, 15) is 0 Å².